The maximum atomic E-state index is 5.84. The second-order valence-corrected chi connectivity index (χ2v) is 7.14. The number of ether oxygens (including phenoxy) is 1. The molecule has 1 nitrogen and oxygen atoms in total. The summed E-state index contributed by atoms with van der Waals surface area (Å²) in [5.74, 6) is 2.31. The largest absolute Gasteiger partial charge is 0.494 e. The van der Waals surface area contributed by atoms with Crippen molar-refractivity contribution in [3.05, 3.63) is 42.0 Å². The summed E-state index contributed by atoms with van der Waals surface area (Å²) in [7, 11) is 0. The van der Waals surface area contributed by atoms with Gasteiger partial charge in [-0.15, -0.1) is 0 Å². The van der Waals surface area contributed by atoms with Crippen LogP contribution in [0.3, 0.4) is 0 Å². The number of hydrogen-bond donors (Lipinski definition) is 0. The highest BCUT2D eigenvalue weighted by Crippen LogP contribution is 2.40. The normalized spacial score (nSPS) is 18.2. The molecule has 0 aromatic heterocycles. The summed E-state index contributed by atoms with van der Waals surface area (Å²) < 4.78 is 5.84. The molecule has 1 fully saturated rings. The van der Waals surface area contributed by atoms with Gasteiger partial charge in [0, 0.05) is 5.25 Å². The smallest absolute Gasteiger partial charge is 0.119 e. The zero-order valence-corrected chi connectivity index (χ0v) is 13.6. The molecule has 1 aliphatic heterocycles. The Morgan fingerprint density at radius 3 is 2.76 bits per heavy atom. The van der Waals surface area contributed by atoms with E-state index >= 15 is 0 Å². The maximum absolute atomic E-state index is 5.84. The van der Waals surface area contributed by atoms with Gasteiger partial charge in [0.15, 0.2) is 0 Å². The third-order valence-electron chi connectivity index (χ3n) is 4.15. The summed E-state index contributed by atoms with van der Waals surface area (Å²) in [6, 6.07) is 13.4. The van der Waals surface area contributed by atoms with Crippen LogP contribution in [0.1, 0.15) is 49.8 Å². The zero-order chi connectivity index (χ0) is 14.5. The fraction of sp³-hybridized carbons (Fsp3) is 0.474. The number of hydrogen-bond acceptors (Lipinski definition) is 2. The SMILES string of the molecule is CCCCCOc1ccc2cc(C3CCCS3)ccc2c1. The first kappa shape index (κ1) is 14.8. The minimum atomic E-state index is 0.708. The van der Waals surface area contributed by atoms with Gasteiger partial charge in [-0.3, -0.25) is 0 Å². The van der Waals surface area contributed by atoms with E-state index in [4.69, 9.17) is 4.74 Å². The Bertz CT molecular complexity index is 587. The van der Waals surface area contributed by atoms with Crippen molar-refractivity contribution in [2.75, 3.05) is 12.4 Å². The van der Waals surface area contributed by atoms with E-state index in [0.29, 0.717) is 5.25 Å². The Morgan fingerprint density at radius 1 is 1.10 bits per heavy atom. The van der Waals surface area contributed by atoms with Gasteiger partial charge in [-0.25, -0.2) is 0 Å². The maximum Gasteiger partial charge on any atom is 0.119 e. The molecule has 1 atom stereocenters. The highest BCUT2D eigenvalue weighted by atomic mass is 32.2. The van der Waals surface area contributed by atoms with Crippen molar-refractivity contribution in [1.82, 2.24) is 0 Å². The zero-order valence-electron chi connectivity index (χ0n) is 12.8. The topological polar surface area (TPSA) is 9.23 Å². The Morgan fingerprint density at radius 2 is 1.95 bits per heavy atom. The van der Waals surface area contributed by atoms with Crippen LogP contribution in [0.4, 0.5) is 0 Å². The minimum absolute atomic E-state index is 0.708. The van der Waals surface area contributed by atoms with Crippen molar-refractivity contribution in [3.8, 4) is 5.75 Å². The molecule has 2 heteroatoms. The highest BCUT2D eigenvalue weighted by Gasteiger charge is 2.17. The Hall–Kier alpha value is -1.15. The lowest BCUT2D eigenvalue weighted by Gasteiger charge is -2.11. The lowest BCUT2D eigenvalue weighted by atomic mass is 10.0. The predicted molar refractivity (Wildman–Crippen MR) is 93.4 cm³/mol. The van der Waals surface area contributed by atoms with Crippen molar-refractivity contribution >= 4 is 22.5 Å². The van der Waals surface area contributed by atoms with Crippen molar-refractivity contribution in [2.45, 2.75) is 44.3 Å². The Balaban J connectivity index is 1.71. The van der Waals surface area contributed by atoms with Crippen molar-refractivity contribution in [2.24, 2.45) is 0 Å². The lowest BCUT2D eigenvalue weighted by Crippen LogP contribution is -1.96. The fourth-order valence-corrected chi connectivity index (χ4v) is 4.21. The highest BCUT2D eigenvalue weighted by molar-refractivity contribution is 7.99. The van der Waals surface area contributed by atoms with Gasteiger partial charge in [-0.2, -0.15) is 11.8 Å². The van der Waals surface area contributed by atoms with Gasteiger partial charge in [-0.1, -0.05) is 44.0 Å². The molecule has 21 heavy (non-hydrogen) atoms. The third kappa shape index (κ3) is 3.74. The lowest BCUT2D eigenvalue weighted by molar-refractivity contribution is 0.306. The molecule has 1 heterocycles. The van der Waals surface area contributed by atoms with Crippen LogP contribution >= 0.6 is 11.8 Å². The summed E-state index contributed by atoms with van der Waals surface area (Å²) in [6.45, 7) is 3.05. The van der Waals surface area contributed by atoms with E-state index in [0.717, 1.165) is 18.8 Å². The summed E-state index contributed by atoms with van der Waals surface area (Å²) in [6.07, 6.45) is 6.32. The van der Waals surface area contributed by atoms with Gasteiger partial charge < -0.3 is 4.74 Å². The van der Waals surface area contributed by atoms with Crippen molar-refractivity contribution in [1.29, 1.82) is 0 Å². The number of thioether (sulfide) groups is 1. The van der Waals surface area contributed by atoms with E-state index < -0.39 is 0 Å². The van der Waals surface area contributed by atoms with Crippen LogP contribution < -0.4 is 4.74 Å². The number of rotatable bonds is 6. The standard InChI is InChI=1S/C19H24OS/c1-2-3-4-11-20-18-10-9-15-13-17(8-7-16(15)14-18)19-6-5-12-21-19/h7-10,13-14,19H,2-6,11-12H2,1H3. The van der Waals surface area contributed by atoms with E-state index in [1.165, 1.54) is 47.8 Å². The van der Waals surface area contributed by atoms with E-state index in [1.54, 1.807) is 0 Å². The molecule has 112 valence electrons. The van der Waals surface area contributed by atoms with Gasteiger partial charge in [0.1, 0.15) is 5.75 Å². The molecule has 1 aliphatic rings. The summed E-state index contributed by atoms with van der Waals surface area (Å²) in [5, 5.41) is 3.33. The van der Waals surface area contributed by atoms with Gasteiger partial charge >= 0.3 is 0 Å². The van der Waals surface area contributed by atoms with E-state index in [9.17, 15) is 0 Å². The number of fused-ring (bicyclic) bond motifs is 1. The number of unbranched alkanes of at least 4 members (excludes halogenated alkanes) is 2. The molecule has 2 aromatic carbocycles. The molecule has 0 saturated carbocycles. The quantitative estimate of drug-likeness (QED) is 0.607. The van der Waals surface area contributed by atoms with Gasteiger partial charge in [0.25, 0.3) is 0 Å². The van der Waals surface area contributed by atoms with E-state index in [2.05, 4.69) is 55.1 Å². The number of benzene rings is 2. The Labute approximate surface area is 132 Å². The van der Waals surface area contributed by atoms with Crippen LogP contribution in [0, 0.1) is 0 Å². The monoisotopic (exact) mass is 300 g/mol. The molecule has 0 bridgehead atoms. The van der Waals surface area contributed by atoms with Crippen molar-refractivity contribution < 1.29 is 4.74 Å². The van der Waals surface area contributed by atoms with Crippen LogP contribution in [-0.4, -0.2) is 12.4 Å². The second-order valence-electron chi connectivity index (χ2n) is 5.83. The molecule has 0 radical (unpaired) electrons. The molecule has 0 spiro atoms. The second kappa shape index (κ2) is 7.22. The van der Waals surface area contributed by atoms with Crippen molar-refractivity contribution in [3.63, 3.8) is 0 Å². The van der Waals surface area contributed by atoms with E-state index in [-0.39, 0.29) is 0 Å². The molecule has 0 amide bonds. The van der Waals surface area contributed by atoms with Crippen LogP contribution in [0.5, 0.6) is 5.75 Å². The van der Waals surface area contributed by atoms with Gasteiger partial charge in [0.05, 0.1) is 6.61 Å². The third-order valence-corrected chi connectivity index (χ3v) is 5.59. The summed E-state index contributed by atoms with van der Waals surface area (Å²) in [5.41, 5.74) is 1.49. The van der Waals surface area contributed by atoms with Crippen LogP contribution in [0.25, 0.3) is 10.8 Å². The molecule has 3 rings (SSSR count). The van der Waals surface area contributed by atoms with Crippen LogP contribution in [-0.2, 0) is 0 Å². The molecule has 1 saturated heterocycles. The first-order valence-corrected chi connectivity index (χ1v) is 9.20. The Kier molecular flexibility index (Phi) is 5.08. The van der Waals surface area contributed by atoms with Crippen LogP contribution in [0.2, 0.25) is 0 Å². The van der Waals surface area contributed by atoms with E-state index in [1.807, 2.05) is 0 Å². The fourth-order valence-electron chi connectivity index (χ4n) is 2.91. The van der Waals surface area contributed by atoms with Gasteiger partial charge in [-0.05, 0) is 53.5 Å². The first-order chi connectivity index (χ1) is 10.4. The molecular formula is C19H24OS. The average molecular weight is 300 g/mol. The van der Waals surface area contributed by atoms with Gasteiger partial charge in [0.2, 0.25) is 0 Å². The van der Waals surface area contributed by atoms with Crippen LogP contribution in [0.15, 0.2) is 36.4 Å². The molecule has 0 N–H and O–H groups in total. The summed E-state index contributed by atoms with van der Waals surface area (Å²) >= 11 is 2.10. The molecule has 0 aliphatic carbocycles. The predicted octanol–water partition coefficient (Wildman–Crippen LogP) is 5.98. The molecular weight excluding hydrogens is 276 g/mol. The summed E-state index contributed by atoms with van der Waals surface area (Å²) in [4.78, 5) is 0. The average Bonchev–Trinajstić information content (AvgIpc) is 3.05. The molecule has 2 aromatic rings. The first-order valence-electron chi connectivity index (χ1n) is 8.15. The minimum Gasteiger partial charge on any atom is -0.494 e. The molecule has 1 unspecified atom stereocenters.